The Morgan fingerprint density at radius 3 is 2.39 bits per heavy atom. The molecule has 4 rings (SSSR count). The first-order valence-corrected chi connectivity index (χ1v) is 11.6. The number of nitrogens with one attached hydrogen (secondary N) is 1. The van der Waals surface area contributed by atoms with E-state index in [-0.39, 0.29) is 30.4 Å². The molecule has 1 aliphatic heterocycles. The van der Waals surface area contributed by atoms with Crippen LogP contribution in [0.5, 0.6) is 5.75 Å². The van der Waals surface area contributed by atoms with E-state index in [1.54, 1.807) is 43.5 Å². The molecule has 0 unspecified atom stereocenters. The average molecular weight is 467 g/mol. The number of rotatable bonds is 7. The first-order chi connectivity index (χ1) is 15.9. The number of benzene rings is 2. The molecule has 1 fully saturated rings. The Hall–Kier alpha value is -3.30. The number of nitrogens with zero attached hydrogens (tertiary/aromatic N) is 3. The molecule has 0 radical (unpaired) electrons. The summed E-state index contributed by atoms with van der Waals surface area (Å²) in [5, 5.41) is 3.22. The molecular formula is C24H26N4O4S. The van der Waals surface area contributed by atoms with Crippen LogP contribution in [0, 0.1) is 0 Å². The van der Waals surface area contributed by atoms with Crippen molar-refractivity contribution in [2.75, 3.05) is 45.7 Å². The second kappa shape index (κ2) is 10.1. The highest BCUT2D eigenvalue weighted by Gasteiger charge is 2.21. The Morgan fingerprint density at radius 1 is 1.00 bits per heavy atom. The number of ketones is 1. The number of amides is 2. The van der Waals surface area contributed by atoms with Crippen LogP contribution in [-0.2, 0) is 4.79 Å². The summed E-state index contributed by atoms with van der Waals surface area (Å²) in [4.78, 5) is 46.0. The number of Topliss-reactive ketones (excluding diaryl/α,β-unsaturated/α-hetero) is 1. The van der Waals surface area contributed by atoms with Crippen molar-refractivity contribution in [2.45, 2.75) is 12.8 Å². The topological polar surface area (TPSA) is 91.8 Å². The van der Waals surface area contributed by atoms with Crippen LogP contribution in [-0.4, -0.2) is 72.7 Å². The number of ether oxygens (including phenoxy) is 1. The van der Waals surface area contributed by atoms with Gasteiger partial charge in [0.25, 0.3) is 5.91 Å². The molecule has 1 aromatic heterocycles. The molecule has 2 amide bonds. The maximum Gasteiger partial charge on any atom is 0.253 e. The van der Waals surface area contributed by atoms with Crippen molar-refractivity contribution >= 4 is 44.3 Å². The summed E-state index contributed by atoms with van der Waals surface area (Å²) in [5.41, 5.74) is 1.89. The van der Waals surface area contributed by atoms with E-state index in [9.17, 15) is 14.4 Å². The lowest BCUT2D eigenvalue weighted by atomic mass is 10.1. The van der Waals surface area contributed by atoms with Gasteiger partial charge < -0.3 is 19.9 Å². The monoisotopic (exact) mass is 466 g/mol. The Kier molecular flexibility index (Phi) is 7.00. The van der Waals surface area contributed by atoms with Crippen molar-refractivity contribution in [3.8, 4) is 5.75 Å². The molecule has 2 heterocycles. The highest BCUT2D eigenvalue weighted by molar-refractivity contribution is 7.22. The summed E-state index contributed by atoms with van der Waals surface area (Å²) >= 11 is 1.32. The van der Waals surface area contributed by atoms with Crippen molar-refractivity contribution in [1.29, 1.82) is 0 Å². The molecule has 0 spiro atoms. The highest BCUT2D eigenvalue weighted by atomic mass is 32.1. The van der Waals surface area contributed by atoms with Crippen molar-refractivity contribution < 1.29 is 19.1 Å². The lowest BCUT2D eigenvalue weighted by molar-refractivity contribution is -0.116. The third-order valence-corrected chi connectivity index (χ3v) is 6.60. The highest BCUT2D eigenvalue weighted by Crippen LogP contribution is 2.27. The SMILES string of the molecule is COc1ccc(C(=O)CCC(=O)Nc2nc3ccc(C(=O)N4CCN(C)CC4)cc3s2)cc1. The molecule has 0 saturated carbocycles. The maximum absolute atomic E-state index is 12.8. The summed E-state index contributed by atoms with van der Waals surface area (Å²) < 4.78 is 5.92. The van der Waals surface area contributed by atoms with Crippen molar-refractivity contribution in [2.24, 2.45) is 0 Å². The number of fused-ring (bicyclic) bond motifs is 1. The van der Waals surface area contributed by atoms with Crippen LogP contribution in [0.25, 0.3) is 10.2 Å². The van der Waals surface area contributed by atoms with Crippen LogP contribution in [0.2, 0.25) is 0 Å². The van der Waals surface area contributed by atoms with E-state index in [1.165, 1.54) is 11.3 Å². The molecule has 3 aromatic rings. The summed E-state index contributed by atoms with van der Waals surface area (Å²) in [5.74, 6) is 0.309. The Morgan fingerprint density at radius 2 is 1.70 bits per heavy atom. The van der Waals surface area contributed by atoms with Gasteiger partial charge in [-0.25, -0.2) is 4.98 Å². The smallest absolute Gasteiger partial charge is 0.253 e. The first kappa shape index (κ1) is 22.9. The Balaban J connectivity index is 1.35. The molecule has 0 aliphatic carbocycles. The number of carbonyl (C=O) groups is 3. The quantitative estimate of drug-likeness (QED) is 0.537. The molecule has 0 atom stereocenters. The molecule has 1 saturated heterocycles. The molecule has 9 heteroatoms. The van der Waals surface area contributed by atoms with E-state index in [0.29, 0.717) is 35.1 Å². The fraction of sp³-hybridized carbons (Fsp3) is 0.333. The summed E-state index contributed by atoms with van der Waals surface area (Å²) in [7, 11) is 3.62. The molecule has 1 aliphatic rings. The minimum atomic E-state index is -0.273. The first-order valence-electron chi connectivity index (χ1n) is 10.8. The van der Waals surface area contributed by atoms with E-state index in [2.05, 4.69) is 22.2 Å². The molecular weight excluding hydrogens is 440 g/mol. The van der Waals surface area contributed by atoms with Gasteiger partial charge in [-0.3, -0.25) is 14.4 Å². The third-order valence-electron chi connectivity index (χ3n) is 5.66. The Labute approximate surface area is 196 Å². The zero-order valence-corrected chi connectivity index (χ0v) is 19.5. The molecule has 0 bridgehead atoms. The number of hydrogen-bond acceptors (Lipinski definition) is 7. The molecule has 8 nitrogen and oxygen atoms in total. The van der Waals surface area contributed by atoms with Gasteiger partial charge in [0, 0.05) is 50.1 Å². The Bertz CT molecular complexity index is 1170. The molecule has 2 aromatic carbocycles. The zero-order valence-electron chi connectivity index (χ0n) is 18.7. The van der Waals surface area contributed by atoms with Gasteiger partial charge in [0.2, 0.25) is 5.91 Å². The fourth-order valence-electron chi connectivity index (χ4n) is 3.63. The van der Waals surface area contributed by atoms with Crippen LogP contribution >= 0.6 is 11.3 Å². The van der Waals surface area contributed by atoms with Crippen molar-refractivity contribution in [3.63, 3.8) is 0 Å². The predicted octanol–water partition coefficient (Wildman–Crippen LogP) is 3.29. The van der Waals surface area contributed by atoms with Gasteiger partial charge in [0.05, 0.1) is 17.3 Å². The van der Waals surface area contributed by atoms with Crippen molar-refractivity contribution in [3.05, 3.63) is 53.6 Å². The van der Waals surface area contributed by atoms with Crippen LogP contribution in [0.15, 0.2) is 42.5 Å². The fourth-order valence-corrected chi connectivity index (χ4v) is 4.55. The van der Waals surface area contributed by atoms with E-state index in [4.69, 9.17) is 4.74 Å². The van der Waals surface area contributed by atoms with Crippen LogP contribution in [0.3, 0.4) is 0 Å². The van der Waals surface area contributed by atoms with Gasteiger partial charge in [-0.15, -0.1) is 0 Å². The van der Waals surface area contributed by atoms with E-state index >= 15 is 0 Å². The minimum absolute atomic E-state index is 0.0148. The van der Waals surface area contributed by atoms with Gasteiger partial charge in [-0.2, -0.15) is 0 Å². The zero-order chi connectivity index (χ0) is 23.4. The number of thiazole rings is 1. The average Bonchev–Trinajstić information content (AvgIpc) is 3.24. The lowest BCUT2D eigenvalue weighted by Crippen LogP contribution is -2.47. The normalized spacial score (nSPS) is 14.3. The third kappa shape index (κ3) is 5.55. The van der Waals surface area contributed by atoms with Gasteiger partial charge in [-0.05, 0) is 49.5 Å². The molecule has 33 heavy (non-hydrogen) atoms. The van der Waals surface area contributed by atoms with E-state index in [1.807, 2.05) is 11.0 Å². The second-order valence-corrected chi connectivity index (χ2v) is 9.03. The second-order valence-electron chi connectivity index (χ2n) is 8.00. The van der Waals surface area contributed by atoms with E-state index in [0.717, 1.165) is 23.3 Å². The number of methoxy groups -OCH3 is 1. The number of carbonyl (C=O) groups excluding carboxylic acids is 3. The summed E-state index contributed by atoms with van der Waals surface area (Å²) in [6.45, 7) is 3.16. The minimum Gasteiger partial charge on any atom is -0.497 e. The number of likely N-dealkylation sites (N-methyl/N-ethyl adjacent to an activating group) is 1. The van der Waals surface area contributed by atoms with Crippen LogP contribution in [0.1, 0.15) is 33.6 Å². The predicted molar refractivity (Wildman–Crippen MR) is 128 cm³/mol. The number of piperazine rings is 1. The van der Waals surface area contributed by atoms with Crippen molar-refractivity contribution in [1.82, 2.24) is 14.8 Å². The van der Waals surface area contributed by atoms with Gasteiger partial charge in [0.1, 0.15) is 5.75 Å². The largest absolute Gasteiger partial charge is 0.497 e. The molecule has 172 valence electrons. The van der Waals surface area contributed by atoms with Gasteiger partial charge in [0.15, 0.2) is 10.9 Å². The van der Waals surface area contributed by atoms with Gasteiger partial charge in [-0.1, -0.05) is 11.3 Å². The van der Waals surface area contributed by atoms with E-state index < -0.39 is 0 Å². The number of aromatic nitrogens is 1. The number of hydrogen-bond donors (Lipinski definition) is 1. The summed E-state index contributed by atoms with van der Waals surface area (Å²) in [6.07, 6.45) is 0.167. The van der Waals surface area contributed by atoms with Crippen LogP contribution in [0.4, 0.5) is 5.13 Å². The summed E-state index contributed by atoms with van der Waals surface area (Å²) in [6, 6.07) is 12.2. The standard InChI is InChI=1S/C24H26N4O4S/c1-27-11-13-28(14-12-27)23(31)17-5-8-19-21(15-17)33-24(25-19)26-22(30)10-9-20(29)16-3-6-18(32-2)7-4-16/h3-8,15H,9-14H2,1-2H3,(H,25,26,30). The molecule has 1 N–H and O–H groups in total. The maximum atomic E-state index is 12.8. The van der Waals surface area contributed by atoms with Crippen LogP contribution < -0.4 is 10.1 Å². The van der Waals surface area contributed by atoms with Gasteiger partial charge >= 0.3 is 0 Å². The lowest BCUT2D eigenvalue weighted by Gasteiger charge is -2.32. The number of anilines is 1.